The van der Waals surface area contributed by atoms with Crippen molar-refractivity contribution < 1.29 is 13.5 Å². The molecule has 0 spiro atoms. The Hall–Kier alpha value is 0.340. The molecule has 1 saturated heterocycles. The Morgan fingerprint density at radius 2 is 2.26 bits per heavy atom. The van der Waals surface area contributed by atoms with Gasteiger partial charge in [0.15, 0.2) is 0 Å². The predicted octanol–water partition coefficient (Wildman–Crippen LogP) is 3.09. The van der Waals surface area contributed by atoms with Crippen LogP contribution < -0.4 is 0 Å². The molecule has 0 aromatic carbocycles. The molecule has 8 heteroatoms. The van der Waals surface area contributed by atoms with Crippen molar-refractivity contribution >= 4 is 48.9 Å². The van der Waals surface area contributed by atoms with E-state index in [-0.39, 0.29) is 16.9 Å². The lowest BCUT2D eigenvalue weighted by Crippen LogP contribution is -2.43. The maximum atomic E-state index is 12.6. The van der Waals surface area contributed by atoms with Crippen LogP contribution in [0, 0.1) is 0 Å². The van der Waals surface area contributed by atoms with Crippen molar-refractivity contribution in [2.24, 2.45) is 0 Å². The lowest BCUT2D eigenvalue weighted by atomic mass is 10.0. The number of nitrogens with zero attached hydrogens (tertiary/aromatic N) is 1. The maximum absolute atomic E-state index is 12.6. The number of hydrogen-bond acceptors (Lipinski definition) is 4. The molecule has 1 aliphatic rings. The minimum atomic E-state index is -3.51. The Kier molecular flexibility index (Phi) is 5.30. The fourth-order valence-electron chi connectivity index (χ4n) is 2.30. The number of hydrogen-bond donors (Lipinski definition) is 1. The van der Waals surface area contributed by atoms with E-state index in [4.69, 9.17) is 16.7 Å². The van der Waals surface area contributed by atoms with E-state index in [0.29, 0.717) is 21.8 Å². The summed E-state index contributed by atoms with van der Waals surface area (Å²) in [5.74, 6) is 0. The van der Waals surface area contributed by atoms with Gasteiger partial charge in [0.05, 0.1) is 8.81 Å². The van der Waals surface area contributed by atoms with Crippen molar-refractivity contribution in [2.75, 3.05) is 13.2 Å². The van der Waals surface area contributed by atoms with Gasteiger partial charge < -0.3 is 5.11 Å². The highest BCUT2D eigenvalue weighted by atomic mass is 79.9. The fraction of sp³-hybridized carbons (Fsp3) is 0.636. The largest absolute Gasteiger partial charge is 0.396 e. The van der Waals surface area contributed by atoms with Gasteiger partial charge in [-0.15, -0.1) is 11.3 Å². The van der Waals surface area contributed by atoms with E-state index in [9.17, 15) is 8.42 Å². The third kappa shape index (κ3) is 3.33. The molecule has 1 unspecified atom stereocenters. The van der Waals surface area contributed by atoms with Gasteiger partial charge >= 0.3 is 0 Å². The number of aliphatic hydroxyl groups is 1. The monoisotopic (exact) mass is 387 g/mol. The predicted molar refractivity (Wildman–Crippen MR) is 80.3 cm³/mol. The highest BCUT2D eigenvalue weighted by Crippen LogP contribution is 2.37. The van der Waals surface area contributed by atoms with Crippen LogP contribution in [0.25, 0.3) is 0 Å². The molecular weight excluding hydrogens is 374 g/mol. The van der Waals surface area contributed by atoms with Gasteiger partial charge in [0.2, 0.25) is 0 Å². The minimum absolute atomic E-state index is 0.00553. The van der Waals surface area contributed by atoms with Crippen LogP contribution in [-0.2, 0) is 10.0 Å². The van der Waals surface area contributed by atoms with Gasteiger partial charge in [-0.05, 0) is 41.3 Å². The zero-order valence-corrected chi connectivity index (χ0v) is 14.2. The highest BCUT2D eigenvalue weighted by Gasteiger charge is 2.34. The average molecular weight is 389 g/mol. The summed E-state index contributed by atoms with van der Waals surface area (Å²) in [6.07, 6.45) is 3.16. The Morgan fingerprint density at radius 1 is 1.53 bits per heavy atom. The SMILES string of the molecule is O=S(=O)(c1cc(Cl)c(Br)s1)N1CCCCC1CCO. The van der Waals surface area contributed by atoms with E-state index in [0.717, 1.165) is 30.6 Å². The number of halogens is 2. The Labute approximate surface area is 130 Å². The van der Waals surface area contributed by atoms with Crippen molar-refractivity contribution in [1.82, 2.24) is 4.31 Å². The first-order chi connectivity index (χ1) is 8.96. The second-order valence-electron chi connectivity index (χ2n) is 4.46. The van der Waals surface area contributed by atoms with Crippen molar-refractivity contribution in [3.63, 3.8) is 0 Å². The number of rotatable bonds is 4. The summed E-state index contributed by atoms with van der Waals surface area (Å²) in [6, 6.07) is 1.37. The molecular formula is C11H15BrClNO3S2. The maximum Gasteiger partial charge on any atom is 0.252 e. The van der Waals surface area contributed by atoms with Crippen LogP contribution in [0.4, 0.5) is 0 Å². The van der Waals surface area contributed by atoms with Gasteiger partial charge in [-0.1, -0.05) is 18.0 Å². The van der Waals surface area contributed by atoms with Gasteiger partial charge in [0, 0.05) is 19.2 Å². The lowest BCUT2D eigenvalue weighted by Gasteiger charge is -2.33. The first-order valence-electron chi connectivity index (χ1n) is 6.04. The molecule has 1 aromatic rings. The van der Waals surface area contributed by atoms with E-state index in [1.54, 1.807) is 0 Å². The minimum Gasteiger partial charge on any atom is -0.396 e. The zero-order valence-electron chi connectivity index (χ0n) is 10.2. The Balaban J connectivity index is 2.31. The molecule has 1 N–H and O–H groups in total. The number of thiophene rings is 1. The summed E-state index contributed by atoms with van der Waals surface area (Å²) in [6.45, 7) is 0.520. The molecule has 108 valence electrons. The zero-order chi connectivity index (χ0) is 14.0. The van der Waals surface area contributed by atoms with Crippen LogP contribution >= 0.6 is 38.9 Å². The molecule has 2 rings (SSSR count). The summed E-state index contributed by atoms with van der Waals surface area (Å²) in [5.41, 5.74) is 0. The van der Waals surface area contributed by atoms with E-state index in [2.05, 4.69) is 15.9 Å². The van der Waals surface area contributed by atoms with E-state index < -0.39 is 10.0 Å². The van der Waals surface area contributed by atoms with Crippen LogP contribution in [0.3, 0.4) is 0 Å². The van der Waals surface area contributed by atoms with Crippen LogP contribution in [0.15, 0.2) is 14.1 Å². The van der Waals surface area contributed by atoms with Crippen molar-refractivity contribution in [3.8, 4) is 0 Å². The molecule has 0 radical (unpaired) electrons. The molecule has 1 aromatic heterocycles. The number of sulfonamides is 1. The van der Waals surface area contributed by atoms with Gasteiger partial charge in [0.1, 0.15) is 4.21 Å². The third-order valence-corrected chi connectivity index (χ3v) is 8.10. The average Bonchev–Trinajstić information content (AvgIpc) is 2.71. The van der Waals surface area contributed by atoms with Crippen molar-refractivity contribution in [3.05, 3.63) is 14.9 Å². The van der Waals surface area contributed by atoms with Gasteiger partial charge in [0.25, 0.3) is 10.0 Å². The van der Waals surface area contributed by atoms with Crippen LogP contribution in [-0.4, -0.2) is 37.0 Å². The topological polar surface area (TPSA) is 57.6 Å². The van der Waals surface area contributed by atoms with Crippen LogP contribution in [0.2, 0.25) is 5.02 Å². The Bertz CT molecular complexity index is 525. The molecule has 2 heterocycles. The molecule has 1 aliphatic heterocycles. The quantitative estimate of drug-likeness (QED) is 0.862. The lowest BCUT2D eigenvalue weighted by molar-refractivity contribution is 0.193. The molecule has 0 saturated carbocycles. The summed E-state index contributed by atoms with van der Waals surface area (Å²) in [5, 5.41) is 9.49. The van der Waals surface area contributed by atoms with Gasteiger partial charge in [-0.2, -0.15) is 4.31 Å². The normalized spacial score (nSPS) is 21.7. The second-order valence-corrected chi connectivity index (χ2v) is 9.36. The van der Waals surface area contributed by atoms with Crippen LogP contribution in [0.1, 0.15) is 25.7 Å². The summed E-state index contributed by atoms with van der Waals surface area (Å²) < 4.78 is 27.6. The summed E-state index contributed by atoms with van der Waals surface area (Å²) in [4.78, 5) is 0. The van der Waals surface area contributed by atoms with Crippen molar-refractivity contribution in [2.45, 2.75) is 35.9 Å². The summed E-state index contributed by atoms with van der Waals surface area (Å²) >= 11 is 10.3. The van der Waals surface area contributed by atoms with E-state index >= 15 is 0 Å². The molecule has 0 aliphatic carbocycles. The van der Waals surface area contributed by atoms with E-state index in [1.165, 1.54) is 10.4 Å². The standard InChI is InChI=1S/C11H15BrClNO3S2/c12-11-9(13)7-10(18-11)19(16,17)14-5-2-1-3-8(14)4-6-15/h7-8,15H,1-6H2. The third-order valence-electron chi connectivity index (χ3n) is 3.22. The molecule has 1 fully saturated rings. The molecule has 0 bridgehead atoms. The molecule has 4 nitrogen and oxygen atoms in total. The van der Waals surface area contributed by atoms with Crippen LogP contribution in [0.5, 0.6) is 0 Å². The number of aliphatic hydroxyl groups excluding tert-OH is 1. The fourth-order valence-corrected chi connectivity index (χ4v) is 6.55. The van der Waals surface area contributed by atoms with E-state index in [1.807, 2.05) is 0 Å². The first-order valence-corrected chi connectivity index (χ1v) is 9.47. The molecule has 19 heavy (non-hydrogen) atoms. The first kappa shape index (κ1) is 15.7. The van der Waals surface area contributed by atoms with Crippen molar-refractivity contribution in [1.29, 1.82) is 0 Å². The highest BCUT2D eigenvalue weighted by molar-refractivity contribution is 9.11. The molecule has 0 amide bonds. The smallest absolute Gasteiger partial charge is 0.252 e. The van der Waals surface area contributed by atoms with Gasteiger partial charge in [-0.3, -0.25) is 0 Å². The Morgan fingerprint density at radius 3 is 2.84 bits per heavy atom. The van der Waals surface area contributed by atoms with Gasteiger partial charge in [-0.25, -0.2) is 8.42 Å². The number of piperidine rings is 1. The summed E-state index contributed by atoms with van der Waals surface area (Å²) in [7, 11) is -3.51. The molecule has 1 atom stereocenters. The second kappa shape index (κ2) is 6.41.